The molecule has 1 saturated carbocycles. The molecule has 200 valence electrons. The fourth-order valence-corrected chi connectivity index (χ4v) is 11.0. The van der Waals surface area contributed by atoms with Crippen LogP contribution in [-0.2, 0) is 0 Å². The Bertz CT molecular complexity index is 734. The Labute approximate surface area is 219 Å². The number of hydrogen-bond acceptors (Lipinski definition) is 1. The molecular formula is C30H49ClF2OSi. The number of benzene rings is 1. The van der Waals surface area contributed by atoms with Crippen molar-refractivity contribution < 1.29 is 13.5 Å². The Morgan fingerprint density at radius 3 is 2.03 bits per heavy atom. The van der Waals surface area contributed by atoms with E-state index in [4.69, 9.17) is 15.8 Å². The van der Waals surface area contributed by atoms with E-state index < -0.39 is 19.0 Å². The summed E-state index contributed by atoms with van der Waals surface area (Å²) in [5.41, 5.74) is 0.813. The van der Waals surface area contributed by atoms with Gasteiger partial charge in [0.2, 0.25) is 0 Å². The predicted octanol–water partition coefficient (Wildman–Crippen LogP) is 10.8. The van der Waals surface area contributed by atoms with Crippen molar-refractivity contribution >= 4 is 18.5 Å². The maximum atomic E-state index is 14.8. The summed E-state index contributed by atoms with van der Waals surface area (Å²) in [6.45, 7) is 6.35. The maximum absolute atomic E-state index is 14.8. The molecule has 35 heavy (non-hydrogen) atoms. The van der Waals surface area contributed by atoms with Gasteiger partial charge in [-0.3, -0.25) is 0 Å². The Balaban J connectivity index is 1.47. The second-order valence-corrected chi connectivity index (χ2v) is 17.9. The van der Waals surface area contributed by atoms with Gasteiger partial charge in [-0.1, -0.05) is 65.2 Å². The van der Waals surface area contributed by atoms with Crippen LogP contribution >= 0.6 is 11.1 Å². The van der Waals surface area contributed by atoms with Crippen molar-refractivity contribution in [1.82, 2.24) is 0 Å². The van der Waals surface area contributed by atoms with Crippen LogP contribution < -0.4 is 4.74 Å². The van der Waals surface area contributed by atoms with Gasteiger partial charge < -0.3 is 4.74 Å². The molecular weight excluding hydrogens is 478 g/mol. The number of unbranched alkanes of at least 4 members (excludes halogenated alkanes) is 5. The zero-order valence-electron chi connectivity index (χ0n) is 22.5. The second-order valence-electron chi connectivity index (χ2n) is 11.6. The van der Waals surface area contributed by atoms with Crippen molar-refractivity contribution in [2.24, 2.45) is 11.8 Å². The molecule has 0 bridgehead atoms. The standard InChI is InChI=1S/C30H49ClF2OSi/c1-4-6-8-9-11-23(3)34-30-28(32)21-27(22-29(30)33)25-14-12-24(13-15-25)26-16-19-35(31,20-17-26)18-10-7-5-2/h21-26H,4-20H2,1-3H3/t23?,24-,25-,26?,35?. The molecule has 2 aliphatic rings. The van der Waals surface area contributed by atoms with E-state index >= 15 is 0 Å². The molecule has 1 atom stereocenters. The summed E-state index contributed by atoms with van der Waals surface area (Å²) in [5, 5.41) is 0. The molecule has 1 aromatic carbocycles. The molecule has 0 radical (unpaired) electrons. The first kappa shape index (κ1) is 29.0. The molecule has 0 aromatic heterocycles. The SMILES string of the molecule is CCCCCCC(C)Oc1c(F)cc([C@H]2CC[C@H](C3CC[Si](Cl)(CCCCC)CC3)CC2)cc1F. The molecule has 3 rings (SSSR count). The summed E-state index contributed by atoms with van der Waals surface area (Å²) in [7, 11) is -1.51. The van der Waals surface area contributed by atoms with Gasteiger partial charge in [-0.15, -0.1) is 0 Å². The lowest BCUT2D eigenvalue weighted by Gasteiger charge is -2.40. The quantitative estimate of drug-likeness (QED) is 0.141. The van der Waals surface area contributed by atoms with E-state index in [2.05, 4.69) is 13.8 Å². The first-order valence-corrected chi connectivity index (χ1v) is 18.3. The average Bonchev–Trinajstić information content (AvgIpc) is 2.85. The van der Waals surface area contributed by atoms with Crippen molar-refractivity contribution in [1.29, 1.82) is 0 Å². The minimum atomic E-state index is -1.51. The Morgan fingerprint density at radius 1 is 0.857 bits per heavy atom. The minimum absolute atomic E-state index is 0.172. The molecule has 1 aliphatic heterocycles. The number of halogens is 3. The molecule has 0 N–H and O–H groups in total. The first-order chi connectivity index (χ1) is 16.8. The van der Waals surface area contributed by atoms with Crippen LogP contribution in [0.2, 0.25) is 18.1 Å². The number of rotatable bonds is 13. The summed E-state index contributed by atoms with van der Waals surface area (Å²) in [5.74, 6) is 0.560. The fourth-order valence-electron chi connectivity index (χ4n) is 6.54. The van der Waals surface area contributed by atoms with Crippen LogP contribution in [0.1, 0.15) is 122 Å². The number of ether oxygens (including phenoxy) is 1. The van der Waals surface area contributed by atoms with Crippen LogP contribution in [0.15, 0.2) is 12.1 Å². The zero-order valence-corrected chi connectivity index (χ0v) is 24.3. The molecule has 5 heteroatoms. The highest BCUT2D eigenvalue weighted by atomic mass is 35.6. The third-order valence-corrected chi connectivity index (χ3v) is 14.2. The highest BCUT2D eigenvalue weighted by molar-refractivity contribution is 7.20. The molecule has 1 aromatic rings. The van der Waals surface area contributed by atoms with E-state index in [1.165, 1.54) is 88.1 Å². The van der Waals surface area contributed by atoms with Crippen molar-refractivity contribution in [3.05, 3.63) is 29.3 Å². The third kappa shape index (κ3) is 8.73. The van der Waals surface area contributed by atoms with E-state index in [1.807, 2.05) is 6.92 Å². The van der Waals surface area contributed by atoms with Gasteiger partial charge in [0.1, 0.15) is 0 Å². The summed E-state index contributed by atoms with van der Waals surface area (Å²) in [6.07, 6.45) is 16.2. The molecule has 0 amide bonds. The smallest absolute Gasteiger partial charge is 0.191 e. The van der Waals surface area contributed by atoms with Crippen LogP contribution in [0.25, 0.3) is 0 Å². The topological polar surface area (TPSA) is 9.23 Å². The summed E-state index contributed by atoms with van der Waals surface area (Å²) < 4.78 is 35.4. The Hall–Kier alpha value is -0.613. The van der Waals surface area contributed by atoms with Crippen molar-refractivity contribution in [2.45, 2.75) is 141 Å². The van der Waals surface area contributed by atoms with Crippen LogP contribution in [0.3, 0.4) is 0 Å². The number of hydrogen-bond donors (Lipinski definition) is 0. The van der Waals surface area contributed by atoms with Crippen LogP contribution in [0, 0.1) is 23.5 Å². The summed E-state index contributed by atoms with van der Waals surface area (Å²) >= 11 is 7.09. The lowest BCUT2D eigenvalue weighted by molar-refractivity contribution is 0.187. The Morgan fingerprint density at radius 2 is 1.43 bits per heavy atom. The lowest BCUT2D eigenvalue weighted by Crippen LogP contribution is -2.35. The molecule has 1 unspecified atom stereocenters. The lowest BCUT2D eigenvalue weighted by atomic mass is 9.72. The van der Waals surface area contributed by atoms with E-state index in [-0.39, 0.29) is 17.8 Å². The van der Waals surface area contributed by atoms with Gasteiger partial charge in [-0.05, 0) is 99.0 Å². The van der Waals surface area contributed by atoms with Gasteiger partial charge in [-0.2, -0.15) is 11.1 Å². The van der Waals surface area contributed by atoms with Gasteiger partial charge in [0.15, 0.2) is 24.8 Å². The highest BCUT2D eigenvalue weighted by Crippen LogP contribution is 2.47. The zero-order chi connectivity index (χ0) is 25.3. The van der Waals surface area contributed by atoms with Gasteiger partial charge in [-0.25, -0.2) is 8.78 Å². The molecule has 2 fully saturated rings. The van der Waals surface area contributed by atoms with Crippen LogP contribution in [0.5, 0.6) is 5.75 Å². The Kier molecular flexibility index (Phi) is 11.9. The van der Waals surface area contributed by atoms with E-state index in [0.29, 0.717) is 0 Å². The summed E-state index contributed by atoms with van der Waals surface area (Å²) in [4.78, 5) is 0. The molecule has 1 saturated heterocycles. The average molecular weight is 527 g/mol. The van der Waals surface area contributed by atoms with Gasteiger partial charge in [0.05, 0.1) is 6.10 Å². The van der Waals surface area contributed by atoms with E-state index in [0.717, 1.165) is 49.5 Å². The van der Waals surface area contributed by atoms with Crippen molar-refractivity contribution in [2.75, 3.05) is 0 Å². The second kappa shape index (κ2) is 14.4. The van der Waals surface area contributed by atoms with E-state index in [9.17, 15) is 8.78 Å². The molecule has 1 nitrogen and oxygen atoms in total. The largest absolute Gasteiger partial charge is 0.485 e. The predicted molar refractivity (Wildman–Crippen MR) is 148 cm³/mol. The molecule has 1 heterocycles. The normalized spacial score (nSPS) is 28.1. The van der Waals surface area contributed by atoms with Gasteiger partial charge >= 0.3 is 0 Å². The van der Waals surface area contributed by atoms with Crippen molar-refractivity contribution in [3.8, 4) is 5.75 Å². The van der Waals surface area contributed by atoms with Crippen LogP contribution in [0.4, 0.5) is 8.78 Å². The maximum Gasteiger partial charge on any atom is 0.191 e. The third-order valence-electron chi connectivity index (χ3n) is 8.87. The fraction of sp³-hybridized carbons (Fsp3) is 0.800. The van der Waals surface area contributed by atoms with E-state index in [1.54, 1.807) is 0 Å². The van der Waals surface area contributed by atoms with Crippen molar-refractivity contribution in [3.63, 3.8) is 0 Å². The molecule has 0 spiro atoms. The minimum Gasteiger partial charge on any atom is -0.485 e. The first-order valence-electron chi connectivity index (χ1n) is 14.7. The summed E-state index contributed by atoms with van der Waals surface area (Å²) in [6, 6.07) is 6.96. The monoisotopic (exact) mass is 526 g/mol. The highest BCUT2D eigenvalue weighted by Gasteiger charge is 2.39. The van der Waals surface area contributed by atoms with Gasteiger partial charge in [0.25, 0.3) is 0 Å². The molecule has 1 aliphatic carbocycles. The van der Waals surface area contributed by atoms with Crippen LogP contribution in [-0.4, -0.2) is 13.5 Å². The van der Waals surface area contributed by atoms with Gasteiger partial charge in [0, 0.05) is 0 Å².